The molecule has 1 amide bonds. The second-order valence-corrected chi connectivity index (χ2v) is 4.28. The van der Waals surface area contributed by atoms with Crippen molar-refractivity contribution in [3.05, 3.63) is 48.2 Å². The molecule has 0 aliphatic rings. The lowest BCUT2D eigenvalue weighted by Crippen LogP contribution is -2.33. The van der Waals surface area contributed by atoms with Gasteiger partial charge >= 0.3 is 0 Å². The van der Waals surface area contributed by atoms with Gasteiger partial charge in [-0.05, 0) is 30.7 Å². The minimum atomic E-state index is -0.333. The number of hydrogen-bond donors (Lipinski definition) is 1. The maximum atomic E-state index is 12.9. The summed E-state index contributed by atoms with van der Waals surface area (Å²) < 4.78 is 18.2. The molecular weight excluding hydrogens is 261 g/mol. The van der Waals surface area contributed by atoms with Gasteiger partial charge in [-0.1, -0.05) is 12.1 Å². The van der Waals surface area contributed by atoms with E-state index in [-0.39, 0.29) is 30.6 Å². The number of likely N-dealkylation sites (N-methyl/N-ethyl adjacent to an activating group) is 1. The van der Waals surface area contributed by atoms with Crippen molar-refractivity contribution in [2.45, 2.75) is 6.92 Å². The molecule has 5 heteroatoms. The normalized spacial score (nSPS) is 10.6. The maximum Gasteiger partial charge on any atom is 0.290 e. The topological polar surface area (TPSA) is 53.7 Å². The summed E-state index contributed by atoms with van der Waals surface area (Å²) in [5.41, 5.74) is 1.33. The molecule has 0 unspecified atom stereocenters. The zero-order valence-corrected chi connectivity index (χ0v) is 11.2. The molecule has 0 bridgehead atoms. The van der Waals surface area contributed by atoms with Crippen LogP contribution in [-0.4, -0.2) is 35.6 Å². The summed E-state index contributed by atoms with van der Waals surface area (Å²) in [6, 6.07) is 7.54. The molecule has 0 aliphatic carbocycles. The fourth-order valence-corrected chi connectivity index (χ4v) is 2.00. The third-order valence-electron chi connectivity index (χ3n) is 3.05. The molecule has 1 aromatic heterocycles. The smallest absolute Gasteiger partial charge is 0.290 e. The molecule has 0 radical (unpaired) electrons. The van der Waals surface area contributed by atoms with Crippen molar-refractivity contribution in [3.8, 4) is 11.1 Å². The zero-order chi connectivity index (χ0) is 14.5. The molecule has 4 nitrogen and oxygen atoms in total. The number of amides is 1. The van der Waals surface area contributed by atoms with Gasteiger partial charge in [0.25, 0.3) is 5.91 Å². The number of carbonyl (C=O) groups is 1. The quantitative estimate of drug-likeness (QED) is 0.913. The van der Waals surface area contributed by atoms with E-state index in [0.717, 1.165) is 0 Å². The predicted octanol–water partition coefficient (Wildman–Crippen LogP) is 2.54. The average molecular weight is 277 g/mol. The van der Waals surface area contributed by atoms with Crippen LogP contribution in [0.4, 0.5) is 4.39 Å². The molecule has 1 N–H and O–H groups in total. The Morgan fingerprint density at radius 3 is 2.60 bits per heavy atom. The van der Waals surface area contributed by atoms with Gasteiger partial charge in [0.05, 0.1) is 12.9 Å². The number of hydrogen-bond acceptors (Lipinski definition) is 3. The third-order valence-corrected chi connectivity index (χ3v) is 3.05. The highest BCUT2D eigenvalue weighted by atomic mass is 19.1. The fourth-order valence-electron chi connectivity index (χ4n) is 2.00. The van der Waals surface area contributed by atoms with Gasteiger partial charge in [0.1, 0.15) is 5.82 Å². The van der Waals surface area contributed by atoms with Gasteiger partial charge in [0, 0.05) is 18.7 Å². The van der Waals surface area contributed by atoms with E-state index in [0.29, 0.717) is 17.7 Å². The van der Waals surface area contributed by atoms with Gasteiger partial charge in [-0.15, -0.1) is 0 Å². The molecular formula is C15H16FNO3. The van der Waals surface area contributed by atoms with Gasteiger partial charge in [-0.25, -0.2) is 4.39 Å². The van der Waals surface area contributed by atoms with Crippen LogP contribution >= 0.6 is 0 Å². The number of carbonyl (C=O) groups excluding carboxylic acids is 1. The lowest BCUT2D eigenvalue weighted by atomic mass is 10.1. The molecule has 106 valence electrons. The van der Waals surface area contributed by atoms with Crippen LogP contribution in [0, 0.1) is 5.82 Å². The minimum Gasteiger partial charge on any atom is -0.459 e. The highest BCUT2D eigenvalue weighted by Gasteiger charge is 2.21. The van der Waals surface area contributed by atoms with Crippen molar-refractivity contribution in [2.75, 3.05) is 19.7 Å². The monoisotopic (exact) mass is 277 g/mol. The van der Waals surface area contributed by atoms with E-state index in [1.807, 2.05) is 6.92 Å². The van der Waals surface area contributed by atoms with Crippen molar-refractivity contribution in [2.24, 2.45) is 0 Å². The van der Waals surface area contributed by atoms with Crippen molar-refractivity contribution in [3.63, 3.8) is 0 Å². The first-order valence-corrected chi connectivity index (χ1v) is 6.41. The number of benzene rings is 1. The molecule has 20 heavy (non-hydrogen) atoms. The minimum absolute atomic E-state index is 0.105. The number of aliphatic hydroxyl groups is 1. The summed E-state index contributed by atoms with van der Waals surface area (Å²) in [5, 5.41) is 8.96. The first kappa shape index (κ1) is 14.3. The number of aliphatic hydroxyl groups excluding tert-OH is 1. The Morgan fingerprint density at radius 2 is 2.00 bits per heavy atom. The first-order chi connectivity index (χ1) is 9.67. The van der Waals surface area contributed by atoms with Gasteiger partial charge in [0.15, 0.2) is 5.76 Å². The highest BCUT2D eigenvalue weighted by molar-refractivity contribution is 5.98. The van der Waals surface area contributed by atoms with E-state index in [2.05, 4.69) is 0 Å². The number of nitrogens with zero attached hydrogens (tertiary/aromatic N) is 1. The van der Waals surface area contributed by atoms with Crippen LogP contribution in [0.25, 0.3) is 11.1 Å². The summed E-state index contributed by atoms with van der Waals surface area (Å²) in [4.78, 5) is 13.8. The van der Waals surface area contributed by atoms with Crippen molar-refractivity contribution in [1.82, 2.24) is 4.90 Å². The molecule has 0 saturated carbocycles. The van der Waals surface area contributed by atoms with Gasteiger partial charge in [-0.3, -0.25) is 4.79 Å². The molecule has 1 aromatic carbocycles. The van der Waals surface area contributed by atoms with Crippen molar-refractivity contribution >= 4 is 5.91 Å². The first-order valence-electron chi connectivity index (χ1n) is 6.41. The molecule has 0 spiro atoms. The van der Waals surface area contributed by atoms with E-state index < -0.39 is 0 Å². The molecule has 0 aliphatic heterocycles. The molecule has 1 heterocycles. The Kier molecular flexibility index (Phi) is 4.53. The Labute approximate surface area is 116 Å². The average Bonchev–Trinajstić information content (AvgIpc) is 2.94. The molecule has 0 fully saturated rings. The Balaban J connectivity index is 2.32. The van der Waals surface area contributed by atoms with E-state index in [1.54, 1.807) is 18.2 Å². The molecule has 0 atom stereocenters. The highest BCUT2D eigenvalue weighted by Crippen LogP contribution is 2.26. The zero-order valence-electron chi connectivity index (χ0n) is 11.2. The summed E-state index contributed by atoms with van der Waals surface area (Å²) >= 11 is 0. The number of halogens is 1. The maximum absolute atomic E-state index is 12.9. The molecule has 2 rings (SSSR count). The van der Waals surface area contributed by atoms with E-state index in [4.69, 9.17) is 9.52 Å². The van der Waals surface area contributed by atoms with E-state index in [1.165, 1.54) is 23.3 Å². The molecule has 2 aromatic rings. The van der Waals surface area contributed by atoms with Crippen LogP contribution < -0.4 is 0 Å². The Morgan fingerprint density at radius 1 is 1.30 bits per heavy atom. The lowest BCUT2D eigenvalue weighted by Gasteiger charge is -2.18. The summed E-state index contributed by atoms with van der Waals surface area (Å²) in [6.45, 7) is 2.45. The standard InChI is InChI=1S/C15H16FNO3/c1-2-17(8-9-18)15(19)14-13(7-10-20-14)11-3-5-12(16)6-4-11/h3-7,10,18H,2,8-9H2,1H3. The second-order valence-electron chi connectivity index (χ2n) is 4.28. The van der Waals surface area contributed by atoms with Gasteiger partial charge in [0.2, 0.25) is 0 Å². The Bertz CT molecular complexity index is 577. The fraction of sp³-hybridized carbons (Fsp3) is 0.267. The van der Waals surface area contributed by atoms with E-state index in [9.17, 15) is 9.18 Å². The SMILES string of the molecule is CCN(CCO)C(=O)c1occc1-c1ccc(F)cc1. The third kappa shape index (κ3) is 2.88. The summed E-state index contributed by atoms with van der Waals surface area (Å²) in [6.07, 6.45) is 1.43. The number of rotatable bonds is 5. The number of furan rings is 1. The Hall–Kier alpha value is -2.14. The van der Waals surface area contributed by atoms with Crippen LogP contribution in [0.2, 0.25) is 0 Å². The van der Waals surface area contributed by atoms with Crippen LogP contribution in [0.1, 0.15) is 17.5 Å². The van der Waals surface area contributed by atoms with Crippen LogP contribution in [0.15, 0.2) is 41.0 Å². The van der Waals surface area contributed by atoms with Crippen LogP contribution in [-0.2, 0) is 0 Å². The van der Waals surface area contributed by atoms with Crippen molar-refractivity contribution < 1.29 is 18.7 Å². The van der Waals surface area contributed by atoms with Crippen molar-refractivity contribution in [1.29, 1.82) is 0 Å². The summed E-state index contributed by atoms with van der Waals surface area (Å²) in [7, 11) is 0. The molecule has 0 saturated heterocycles. The van der Waals surface area contributed by atoms with Crippen LogP contribution in [0.5, 0.6) is 0 Å². The summed E-state index contributed by atoms with van der Waals surface area (Å²) in [5.74, 6) is -0.418. The predicted molar refractivity (Wildman–Crippen MR) is 72.8 cm³/mol. The van der Waals surface area contributed by atoms with Gasteiger partial charge in [-0.2, -0.15) is 0 Å². The van der Waals surface area contributed by atoms with Gasteiger partial charge < -0.3 is 14.4 Å². The van der Waals surface area contributed by atoms with E-state index >= 15 is 0 Å². The second kappa shape index (κ2) is 6.34. The lowest BCUT2D eigenvalue weighted by molar-refractivity contribution is 0.0701. The largest absolute Gasteiger partial charge is 0.459 e. The van der Waals surface area contributed by atoms with Crippen LogP contribution in [0.3, 0.4) is 0 Å².